The number of hydrogen-bond donors (Lipinski definition) is 1. The van der Waals surface area contributed by atoms with Crippen molar-refractivity contribution in [1.82, 2.24) is 4.98 Å². The largest absolute Gasteiger partial charge is 0.480 e. The lowest BCUT2D eigenvalue weighted by atomic mass is 10.4. The van der Waals surface area contributed by atoms with E-state index in [0.29, 0.717) is 15.9 Å². The number of pyridine rings is 1. The van der Waals surface area contributed by atoms with Gasteiger partial charge in [0.2, 0.25) is 0 Å². The van der Waals surface area contributed by atoms with E-state index in [1.807, 2.05) is 0 Å². The summed E-state index contributed by atoms with van der Waals surface area (Å²) in [5, 5.41) is 9.31. The summed E-state index contributed by atoms with van der Waals surface area (Å²) in [5.41, 5.74) is 0. The van der Waals surface area contributed by atoms with Gasteiger partial charge in [0.15, 0.2) is 0 Å². The predicted molar refractivity (Wildman–Crippen MR) is 55.2 cm³/mol. The van der Waals surface area contributed by atoms with Crippen LogP contribution in [-0.4, -0.2) is 29.7 Å². The molecule has 0 bridgehead atoms. The van der Waals surface area contributed by atoms with Crippen LogP contribution >= 0.6 is 23.2 Å². The SMILES string of the molecule is CN(CC(=O)O)c1ncc(Cl)cc1Cl. The summed E-state index contributed by atoms with van der Waals surface area (Å²) in [7, 11) is 1.59. The second-order valence-corrected chi connectivity index (χ2v) is 3.55. The molecule has 0 fully saturated rings. The molecule has 1 aromatic heterocycles. The fourth-order valence-corrected chi connectivity index (χ4v) is 1.49. The highest BCUT2D eigenvalue weighted by molar-refractivity contribution is 6.36. The Morgan fingerprint density at radius 2 is 2.29 bits per heavy atom. The highest BCUT2D eigenvalue weighted by Gasteiger charge is 2.10. The van der Waals surface area contributed by atoms with Crippen LogP contribution in [0.5, 0.6) is 0 Å². The van der Waals surface area contributed by atoms with Gasteiger partial charge in [0.05, 0.1) is 10.0 Å². The first-order valence-corrected chi connectivity index (χ1v) is 4.50. The monoisotopic (exact) mass is 234 g/mol. The Morgan fingerprint density at radius 1 is 1.64 bits per heavy atom. The van der Waals surface area contributed by atoms with Gasteiger partial charge in [-0.3, -0.25) is 4.79 Å². The summed E-state index contributed by atoms with van der Waals surface area (Å²) in [6, 6.07) is 1.52. The molecule has 1 aromatic rings. The zero-order valence-electron chi connectivity index (χ0n) is 7.37. The molecule has 0 aliphatic carbocycles. The van der Waals surface area contributed by atoms with E-state index in [1.165, 1.54) is 17.2 Å². The first-order valence-electron chi connectivity index (χ1n) is 3.74. The Morgan fingerprint density at radius 3 is 2.79 bits per heavy atom. The maximum atomic E-state index is 10.4. The smallest absolute Gasteiger partial charge is 0.323 e. The zero-order chi connectivity index (χ0) is 10.7. The maximum Gasteiger partial charge on any atom is 0.323 e. The Hall–Kier alpha value is -1.000. The molecule has 0 aliphatic rings. The molecule has 1 N–H and O–H groups in total. The number of carboxylic acids is 1. The molecule has 4 nitrogen and oxygen atoms in total. The molecule has 0 saturated heterocycles. The maximum absolute atomic E-state index is 10.4. The summed E-state index contributed by atoms with van der Waals surface area (Å²) < 4.78 is 0. The number of carbonyl (C=O) groups is 1. The van der Waals surface area contributed by atoms with Gasteiger partial charge in [0.25, 0.3) is 0 Å². The van der Waals surface area contributed by atoms with Crippen molar-refractivity contribution in [2.24, 2.45) is 0 Å². The first-order chi connectivity index (χ1) is 6.50. The van der Waals surface area contributed by atoms with Gasteiger partial charge in [-0.1, -0.05) is 23.2 Å². The third-order valence-corrected chi connectivity index (χ3v) is 2.01. The van der Waals surface area contributed by atoms with Crippen molar-refractivity contribution in [1.29, 1.82) is 0 Å². The number of anilines is 1. The fourth-order valence-electron chi connectivity index (χ4n) is 0.966. The van der Waals surface area contributed by atoms with E-state index in [-0.39, 0.29) is 6.54 Å². The van der Waals surface area contributed by atoms with Gasteiger partial charge >= 0.3 is 5.97 Å². The first kappa shape index (κ1) is 11.1. The van der Waals surface area contributed by atoms with Gasteiger partial charge in [0.1, 0.15) is 12.4 Å². The molecule has 0 amide bonds. The van der Waals surface area contributed by atoms with Crippen LogP contribution in [0.2, 0.25) is 10.0 Å². The van der Waals surface area contributed by atoms with E-state index in [2.05, 4.69) is 4.98 Å². The van der Waals surface area contributed by atoms with Crippen LogP contribution in [0.4, 0.5) is 5.82 Å². The second-order valence-electron chi connectivity index (χ2n) is 2.71. The van der Waals surface area contributed by atoms with Crippen molar-refractivity contribution in [3.63, 3.8) is 0 Å². The quantitative estimate of drug-likeness (QED) is 0.869. The van der Waals surface area contributed by atoms with E-state index < -0.39 is 5.97 Å². The lowest BCUT2D eigenvalue weighted by molar-refractivity contribution is -0.135. The minimum atomic E-state index is -0.944. The Balaban J connectivity index is 2.90. The molecule has 0 atom stereocenters. The van der Waals surface area contributed by atoms with Gasteiger partial charge in [-0.15, -0.1) is 0 Å². The van der Waals surface area contributed by atoms with Gasteiger partial charge in [-0.05, 0) is 6.07 Å². The molecule has 1 rings (SSSR count). The number of carboxylic acid groups (broad SMARTS) is 1. The van der Waals surface area contributed by atoms with Crippen LogP contribution in [0, 0.1) is 0 Å². The summed E-state index contributed by atoms with van der Waals surface area (Å²) in [6.45, 7) is -0.158. The van der Waals surface area contributed by atoms with Gasteiger partial charge in [0, 0.05) is 13.2 Å². The second kappa shape index (κ2) is 4.48. The standard InChI is InChI=1S/C8H8Cl2N2O2/c1-12(4-7(13)14)8-6(10)2-5(9)3-11-8/h2-3H,4H2,1H3,(H,13,14). The highest BCUT2D eigenvalue weighted by Crippen LogP contribution is 2.24. The Labute approximate surface area is 91.1 Å². The molecule has 0 saturated carbocycles. The number of likely N-dealkylation sites (N-methyl/N-ethyl adjacent to an activating group) is 1. The van der Waals surface area contributed by atoms with Crippen molar-refractivity contribution < 1.29 is 9.90 Å². The lowest BCUT2D eigenvalue weighted by Gasteiger charge is -2.16. The molecular formula is C8H8Cl2N2O2. The fraction of sp³-hybridized carbons (Fsp3) is 0.250. The topological polar surface area (TPSA) is 53.4 Å². The van der Waals surface area contributed by atoms with E-state index in [0.717, 1.165) is 0 Å². The number of aliphatic carboxylic acids is 1. The van der Waals surface area contributed by atoms with Crippen LogP contribution in [0.1, 0.15) is 0 Å². The predicted octanol–water partition coefficient (Wildman–Crippen LogP) is 1.91. The van der Waals surface area contributed by atoms with Crippen LogP contribution in [0.25, 0.3) is 0 Å². The average Bonchev–Trinajstić information content (AvgIpc) is 2.01. The summed E-state index contributed by atoms with van der Waals surface area (Å²) in [4.78, 5) is 15.8. The molecule has 0 aromatic carbocycles. The van der Waals surface area contributed by atoms with Crippen molar-refractivity contribution in [3.05, 3.63) is 22.3 Å². The van der Waals surface area contributed by atoms with Crippen molar-refractivity contribution in [2.75, 3.05) is 18.5 Å². The lowest BCUT2D eigenvalue weighted by Crippen LogP contribution is -2.26. The summed E-state index contributed by atoms with van der Waals surface area (Å²) in [6.07, 6.45) is 1.42. The molecule has 0 radical (unpaired) electrons. The molecule has 6 heteroatoms. The number of rotatable bonds is 3. The minimum Gasteiger partial charge on any atom is -0.480 e. The van der Waals surface area contributed by atoms with Crippen molar-refractivity contribution in [3.8, 4) is 0 Å². The van der Waals surface area contributed by atoms with E-state index in [9.17, 15) is 4.79 Å². The normalized spacial score (nSPS) is 9.93. The highest BCUT2D eigenvalue weighted by atomic mass is 35.5. The molecule has 0 spiro atoms. The van der Waals surface area contributed by atoms with E-state index >= 15 is 0 Å². The summed E-state index contributed by atoms with van der Waals surface area (Å²) in [5.74, 6) is -0.543. The van der Waals surface area contributed by atoms with Crippen molar-refractivity contribution in [2.45, 2.75) is 0 Å². The number of nitrogens with zero attached hydrogens (tertiary/aromatic N) is 2. The third kappa shape index (κ3) is 2.75. The molecule has 0 aliphatic heterocycles. The zero-order valence-corrected chi connectivity index (χ0v) is 8.88. The Bertz CT molecular complexity index is 357. The number of aromatic nitrogens is 1. The van der Waals surface area contributed by atoms with Gasteiger partial charge in [-0.25, -0.2) is 4.98 Å². The van der Waals surface area contributed by atoms with Crippen LogP contribution in [0.3, 0.4) is 0 Å². The van der Waals surface area contributed by atoms with Crippen LogP contribution in [0.15, 0.2) is 12.3 Å². The molecule has 0 unspecified atom stereocenters. The van der Waals surface area contributed by atoms with Gasteiger partial charge in [-0.2, -0.15) is 0 Å². The molecule has 14 heavy (non-hydrogen) atoms. The third-order valence-electron chi connectivity index (χ3n) is 1.52. The molecule has 1 heterocycles. The van der Waals surface area contributed by atoms with Crippen LogP contribution < -0.4 is 4.90 Å². The number of hydrogen-bond acceptors (Lipinski definition) is 3. The van der Waals surface area contributed by atoms with E-state index in [1.54, 1.807) is 7.05 Å². The average molecular weight is 235 g/mol. The molecule has 76 valence electrons. The Kier molecular flexibility index (Phi) is 3.55. The van der Waals surface area contributed by atoms with Crippen LogP contribution in [-0.2, 0) is 4.79 Å². The van der Waals surface area contributed by atoms with E-state index in [4.69, 9.17) is 28.3 Å². The van der Waals surface area contributed by atoms with Gasteiger partial charge < -0.3 is 10.0 Å². The number of halogens is 2. The minimum absolute atomic E-state index is 0.158. The summed E-state index contributed by atoms with van der Waals surface area (Å²) >= 11 is 11.5. The molecular weight excluding hydrogens is 227 g/mol. The van der Waals surface area contributed by atoms with Crippen molar-refractivity contribution >= 4 is 35.0 Å².